The van der Waals surface area contributed by atoms with Crippen molar-refractivity contribution in [3.8, 4) is 11.4 Å². The van der Waals surface area contributed by atoms with E-state index in [1.54, 1.807) is 42.1 Å². The summed E-state index contributed by atoms with van der Waals surface area (Å²) in [7, 11) is 1.58. The van der Waals surface area contributed by atoms with E-state index in [9.17, 15) is 9.59 Å². The third-order valence-electron chi connectivity index (χ3n) is 5.37. The molecule has 0 atom stereocenters. The quantitative estimate of drug-likeness (QED) is 0.390. The average Bonchev–Trinajstić information content (AvgIpc) is 3.23. The fourth-order valence-electron chi connectivity index (χ4n) is 3.54. The molecule has 0 bridgehead atoms. The lowest BCUT2D eigenvalue weighted by Crippen LogP contribution is -2.42. The first kappa shape index (κ1) is 27.1. The van der Waals surface area contributed by atoms with Crippen LogP contribution >= 0.6 is 11.6 Å². The molecule has 1 heterocycles. The lowest BCUT2D eigenvalue weighted by Gasteiger charge is -2.24. The fraction of sp³-hybridized carbons (Fsp3) is 0.370. The summed E-state index contributed by atoms with van der Waals surface area (Å²) in [6.07, 6.45) is 0. The maximum Gasteiger partial charge on any atom is 0.322 e. The van der Waals surface area contributed by atoms with Gasteiger partial charge in [-0.05, 0) is 42.3 Å². The molecule has 0 saturated heterocycles. The normalized spacial score (nSPS) is 11.3. The highest BCUT2D eigenvalue weighted by molar-refractivity contribution is 6.32. The van der Waals surface area contributed by atoms with Crippen molar-refractivity contribution < 1.29 is 14.3 Å². The molecule has 2 N–H and O–H groups in total. The number of hydrogen-bond donors (Lipinski definition) is 2. The molecule has 1 aromatic heterocycles. The molecule has 0 aliphatic heterocycles. The van der Waals surface area contributed by atoms with Gasteiger partial charge in [0.25, 0.3) is 0 Å². The van der Waals surface area contributed by atoms with Gasteiger partial charge in [-0.25, -0.2) is 9.48 Å². The molecule has 0 saturated carbocycles. The van der Waals surface area contributed by atoms with Crippen molar-refractivity contribution in [3.63, 3.8) is 0 Å². The van der Waals surface area contributed by atoms with Gasteiger partial charge in [0.15, 0.2) is 0 Å². The minimum Gasteiger partial charge on any atom is -0.497 e. The van der Waals surface area contributed by atoms with Crippen LogP contribution in [0.15, 0.2) is 54.6 Å². The first-order chi connectivity index (χ1) is 17.0. The molecule has 2 aromatic carbocycles. The molecule has 0 fully saturated rings. The number of anilines is 2. The Kier molecular flexibility index (Phi) is 8.63. The Hall–Kier alpha value is -3.52. The second kappa shape index (κ2) is 11.5. The van der Waals surface area contributed by atoms with E-state index in [0.29, 0.717) is 34.5 Å². The summed E-state index contributed by atoms with van der Waals surface area (Å²) in [5.74, 6) is 1.00. The van der Waals surface area contributed by atoms with Crippen LogP contribution < -0.4 is 15.4 Å². The molecule has 0 aliphatic carbocycles. The molecular weight excluding hydrogens is 478 g/mol. The fourth-order valence-corrected chi connectivity index (χ4v) is 3.75. The number of carbonyl (C=O) groups excluding carboxylic acids is 2. The molecule has 36 heavy (non-hydrogen) atoms. The number of amides is 3. The van der Waals surface area contributed by atoms with Crippen LogP contribution in [0, 0.1) is 5.92 Å². The number of benzene rings is 2. The summed E-state index contributed by atoms with van der Waals surface area (Å²) in [5.41, 5.74) is 1.82. The van der Waals surface area contributed by atoms with E-state index in [-0.39, 0.29) is 29.8 Å². The molecule has 3 amide bonds. The maximum absolute atomic E-state index is 13.1. The molecule has 3 rings (SSSR count). The number of hydrogen-bond acceptors (Lipinski definition) is 4. The number of halogens is 1. The highest BCUT2D eigenvalue weighted by atomic mass is 35.5. The summed E-state index contributed by atoms with van der Waals surface area (Å²) in [6, 6.07) is 15.8. The van der Waals surface area contributed by atoms with E-state index < -0.39 is 0 Å². The minimum atomic E-state index is -0.362. The van der Waals surface area contributed by atoms with Crippen molar-refractivity contribution in [1.29, 1.82) is 0 Å². The van der Waals surface area contributed by atoms with Crippen LogP contribution in [-0.2, 0) is 10.2 Å². The van der Waals surface area contributed by atoms with Crippen molar-refractivity contribution in [3.05, 3.63) is 65.3 Å². The average molecular weight is 512 g/mol. The second-order valence-corrected chi connectivity index (χ2v) is 10.4. The van der Waals surface area contributed by atoms with E-state index in [4.69, 9.17) is 21.4 Å². The zero-order valence-corrected chi connectivity index (χ0v) is 22.4. The first-order valence-corrected chi connectivity index (χ1v) is 12.2. The number of rotatable bonds is 8. The standard InChI is InChI=1S/C27H34ClN5O3/c1-18(2)16-32(26(35)29-19-11-13-20(36-6)14-12-19)17-25(34)30-24-15-23(27(3,4)5)31-33(24)22-10-8-7-9-21(22)28/h7-15,18H,16-17H2,1-6H3,(H,29,35)(H,30,34). The van der Waals surface area contributed by atoms with Gasteiger partial charge in [-0.2, -0.15) is 5.10 Å². The Morgan fingerprint density at radius 3 is 2.33 bits per heavy atom. The van der Waals surface area contributed by atoms with Crippen LogP contribution in [-0.4, -0.2) is 46.8 Å². The van der Waals surface area contributed by atoms with Gasteiger partial charge >= 0.3 is 6.03 Å². The largest absolute Gasteiger partial charge is 0.497 e. The number of aromatic nitrogens is 2. The molecule has 8 nitrogen and oxygen atoms in total. The molecule has 192 valence electrons. The van der Waals surface area contributed by atoms with E-state index in [1.807, 2.05) is 58.9 Å². The van der Waals surface area contributed by atoms with E-state index >= 15 is 0 Å². The van der Waals surface area contributed by atoms with Gasteiger partial charge in [-0.1, -0.05) is 58.4 Å². The summed E-state index contributed by atoms with van der Waals surface area (Å²) in [6.45, 7) is 10.4. The van der Waals surface area contributed by atoms with Crippen LogP contribution in [0.4, 0.5) is 16.3 Å². The zero-order chi connectivity index (χ0) is 26.5. The number of nitrogens with one attached hydrogen (secondary N) is 2. The minimum absolute atomic E-state index is 0.126. The Balaban J connectivity index is 1.81. The van der Waals surface area contributed by atoms with Gasteiger partial charge in [0.2, 0.25) is 5.91 Å². The van der Waals surface area contributed by atoms with Gasteiger partial charge in [-0.15, -0.1) is 0 Å². The van der Waals surface area contributed by atoms with Crippen molar-refractivity contribution in [1.82, 2.24) is 14.7 Å². The lowest BCUT2D eigenvalue weighted by atomic mass is 9.92. The predicted octanol–water partition coefficient (Wildman–Crippen LogP) is 5.96. The monoisotopic (exact) mass is 511 g/mol. The summed E-state index contributed by atoms with van der Waals surface area (Å²) >= 11 is 6.43. The van der Waals surface area contributed by atoms with Gasteiger partial charge < -0.3 is 20.3 Å². The van der Waals surface area contributed by atoms with Crippen molar-refractivity contribution >= 4 is 35.0 Å². The van der Waals surface area contributed by atoms with Gasteiger partial charge in [0.05, 0.1) is 23.5 Å². The van der Waals surface area contributed by atoms with Crippen LogP contribution in [0.3, 0.4) is 0 Å². The maximum atomic E-state index is 13.1. The molecule has 0 spiro atoms. The molecule has 0 unspecified atom stereocenters. The Labute approximate surface area is 217 Å². The lowest BCUT2D eigenvalue weighted by molar-refractivity contribution is -0.116. The summed E-state index contributed by atoms with van der Waals surface area (Å²) < 4.78 is 6.79. The third kappa shape index (κ3) is 7.01. The number of nitrogens with zero attached hydrogens (tertiary/aromatic N) is 3. The molecular formula is C27H34ClN5O3. The van der Waals surface area contributed by atoms with Gasteiger partial charge in [0, 0.05) is 23.7 Å². The topological polar surface area (TPSA) is 88.5 Å². The van der Waals surface area contributed by atoms with E-state index in [0.717, 1.165) is 5.69 Å². The Morgan fingerprint density at radius 1 is 1.08 bits per heavy atom. The smallest absolute Gasteiger partial charge is 0.322 e. The summed E-state index contributed by atoms with van der Waals surface area (Å²) in [5, 5.41) is 11.0. The number of methoxy groups -OCH3 is 1. The number of para-hydroxylation sites is 1. The third-order valence-corrected chi connectivity index (χ3v) is 5.69. The van der Waals surface area contributed by atoms with Crippen LogP contribution in [0.25, 0.3) is 5.69 Å². The molecule has 0 radical (unpaired) electrons. The van der Waals surface area contributed by atoms with Gasteiger partial charge in [-0.3, -0.25) is 4.79 Å². The van der Waals surface area contributed by atoms with E-state index in [1.165, 1.54) is 4.90 Å². The Bertz CT molecular complexity index is 1200. The number of carbonyl (C=O) groups is 2. The van der Waals surface area contributed by atoms with Crippen LogP contribution in [0.1, 0.15) is 40.3 Å². The van der Waals surface area contributed by atoms with Gasteiger partial charge in [0.1, 0.15) is 18.1 Å². The highest BCUT2D eigenvalue weighted by Gasteiger charge is 2.24. The van der Waals surface area contributed by atoms with Crippen molar-refractivity contribution in [2.45, 2.75) is 40.0 Å². The Morgan fingerprint density at radius 2 is 1.75 bits per heavy atom. The molecule has 9 heteroatoms. The molecule has 3 aromatic rings. The van der Waals surface area contributed by atoms with Crippen LogP contribution in [0.5, 0.6) is 5.75 Å². The van der Waals surface area contributed by atoms with Crippen molar-refractivity contribution in [2.24, 2.45) is 5.92 Å². The second-order valence-electron chi connectivity index (χ2n) is 10.0. The van der Waals surface area contributed by atoms with E-state index in [2.05, 4.69) is 10.6 Å². The highest BCUT2D eigenvalue weighted by Crippen LogP contribution is 2.29. The molecule has 0 aliphatic rings. The predicted molar refractivity (Wildman–Crippen MR) is 144 cm³/mol. The SMILES string of the molecule is COc1ccc(NC(=O)N(CC(=O)Nc2cc(C(C)(C)C)nn2-c2ccccc2Cl)CC(C)C)cc1. The summed E-state index contributed by atoms with van der Waals surface area (Å²) in [4.78, 5) is 27.7. The first-order valence-electron chi connectivity index (χ1n) is 11.8. The van der Waals surface area contributed by atoms with Crippen molar-refractivity contribution in [2.75, 3.05) is 30.8 Å². The number of urea groups is 1. The number of ether oxygens (including phenoxy) is 1. The zero-order valence-electron chi connectivity index (χ0n) is 21.6. The van der Waals surface area contributed by atoms with Crippen LogP contribution in [0.2, 0.25) is 5.02 Å².